The predicted molar refractivity (Wildman–Crippen MR) is 42.1 cm³/mol. The molecule has 0 N–H and O–H groups in total. The van der Waals surface area contributed by atoms with Crippen molar-refractivity contribution >= 4 is 23.2 Å². The molecule has 0 nitrogen and oxygen atoms in total. The number of rotatable bonds is 0. The van der Waals surface area contributed by atoms with Crippen LogP contribution in [0, 0.1) is 5.92 Å². The third-order valence-corrected chi connectivity index (χ3v) is 2.76. The summed E-state index contributed by atoms with van der Waals surface area (Å²) in [5.74, 6) is 0.829. The molecule has 0 atom stereocenters. The number of hydrogen-bond acceptors (Lipinski definition) is 0. The molecular weight excluding hydrogens is 155 g/mol. The lowest BCUT2D eigenvalue weighted by Crippen LogP contribution is -2.20. The molecule has 9 heavy (non-hydrogen) atoms. The van der Waals surface area contributed by atoms with Crippen molar-refractivity contribution in [3.8, 4) is 0 Å². The Morgan fingerprint density at radius 1 is 1.22 bits per heavy atom. The second-order valence-electron chi connectivity index (χ2n) is 3.04. The van der Waals surface area contributed by atoms with Crippen LogP contribution < -0.4 is 0 Å². The van der Waals surface area contributed by atoms with E-state index < -0.39 is 4.33 Å². The highest BCUT2D eigenvalue weighted by Gasteiger charge is 2.28. The Morgan fingerprint density at radius 3 is 2.00 bits per heavy atom. The zero-order valence-corrected chi connectivity index (χ0v) is 7.17. The van der Waals surface area contributed by atoms with Crippen LogP contribution in [0.5, 0.6) is 0 Å². The molecule has 0 aromatic carbocycles. The summed E-state index contributed by atoms with van der Waals surface area (Å²) in [6, 6.07) is 0. The highest BCUT2D eigenvalue weighted by atomic mass is 35.5. The fraction of sp³-hybridized carbons (Fsp3) is 1.00. The standard InChI is InChI=1S/C7H12Cl2/c1-6-2-4-7(8,9)5-3-6/h6H,2-5H2,1H3. The van der Waals surface area contributed by atoms with Gasteiger partial charge in [0.2, 0.25) is 0 Å². The van der Waals surface area contributed by atoms with E-state index in [9.17, 15) is 0 Å². The molecule has 2 heteroatoms. The summed E-state index contributed by atoms with van der Waals surface area (Å²) < 4.78 is -0.396. The first-order chi connectivity index (χ1) is 4.10. The van der Waals surface area contributed by atoms with E-state index in [0.717, 1.165) is 18.8 Å². The van der Waals surface area contributed by atoms with E-state index in [1.54, 1.807) is 0 Å². The normalized spacial score (nSPS) is 28.3. The molecule has 1 rings (SSSR count). The van der Waals surface area contributed by atoms with E-state index in [-0.39, 0.29) is 0 Å². The Hall–Kier alpha value is 0.580. The van der Waals surface area contributed by atoms with Crippen molar-refractivity contribution in [1.82, 2.24) is 0 Å². The third-order valence-electron chi connectivity index (χ3n) is 2.01. The van der Waals surface area contributed by atoms with E-state index in [1.165, 1.54) is 12.8 Å². The van der Waals surface area contributed by atoms with E-state index >= 15 is 0 Å². The molecule has 1 aliphatic carbocycles. The highest BCUT2D eigenvalue weighted by Crippen LogP contribution is 2.39. The van der Waals surface area contributed by atoms with Crippen LogP contribution in [0.4, 0.5) is 0 Å². The van der Waals surface area contributed by atoms with Crippen molar-refractivity contribution in [2.45, 2.75) is 36.9 Å². The maximum Gasteiger partial charge on any atom is 0.118 e. The van der Waals surface area contributed by atoms with Gasteiger partial charge in [0.25, 0.3) is 0 Å². The molecule has 0 aromatic heterocycles. The van der Waals surface area contributed by atoms with E-state index in [1.807, 2.05) is 0 Å². The van der Waals surface area contributed by atoms with Gasteiger partial charge in [0, 0.05) is 0 Å². The van der Waals surface area contributed by atoms with Crippen molar-refractivity contribution in [2.24, 2.45) is 5.92 Å². The van der Waals surface area contributed by atoms with Gasteiger partial charge in [-0.25, -0.2) is 0 Å². The zero-order chi connectivity index (χ0) is 6.91. The summed E-state index contributed by atoms with van der Waals surface area (Å²) in [7, 11) is 0. The lowest BCUT2D eigenvalue weighted by molar-refractivity contribution is 0.369. The first-order valence-corrected chi connectivity index (χ1v) is 4.23. The number of hydrogen-bond donors (Lipinski definition) is 0. The summed E-state index contributed by atoms with van der Waals surface area (Å²) in [6.07, 6.45) is 4.31. The summed E-state index contributed by atoms with van der Waals surface area (Å²) in [5.41, 5.74) is 0. The summed E-state index contributed by atoms with van der Waals surface area (Å²) in [4.78, 5) is 0. The van der Waals surface area contributed by atoms with Crippen LogP contribution >= 0.6 is 23.2 Å². The fourth-order valence-electron chi connectivity index (χ4n) is 1.18. The Bertz CT molecular complexity index is 89.1. The molecule has 0 amide bonds. The smallest absolute Gasteiger partial charge is 0.102 e. The van der Waals surface area contributed by atoms with Crippen molar-refractivity contribution < 1.29 is 0 Å². The minimum atomic E-state index is -0.396. The van der Waals surface area contributed by atoms with Gasteiger partial charge in [-0.3, -0.25) is 0 Å². The highest BCUT2D eigenvalue weighted by molar-refractivity contribution is 6.48. The van der Waals surface area contributed by atoms with Crippen molar-refractivity contribution in [1.29, 1.82) is 0 Å². The average molecular weight is 167 g/mol. The Morgan fingerprint density at radius 2 is 1.67 bits per heavy atom. The van der Waals surface area contributed by atoms with E-state index in [2.05, 4.69) is 6.92 Å². The molecule has 0 aliphatic heterocycles. The molecule has 0 saturated heterocycles. The SMILES string of the molecule is CC1CCC(Cl)(Cl)CC1. The summed E-state index contributed by atoms with van der Waals surface area (Å²) in [5, 5.41) is 0. The van der Waals surface area contributed by atoms with Crippen molar-refractivity contribution in [3.63, 3.8) is 0 Å². The van der Waals surface area contributed by atoms with Gasteiger partial charge in [-0.15, -0.1) is 23.2 Å². The Balaban J connectivity index is 2.35. The maximum atomic E-state index is 5.90. The van der Waals surface area contributed by atoms with Crippen LogP contribution in [0.1, 0.15) is 32.6 Å². The molecule has 0 bridgehead atoms. The Kier molecular flexibility index (Phi) is 2.28. The quantitative estimate of drug-likeness (QED) is 0.485. The number of halogens is 2. The molecule has 0 spiro atoms. The van der Waals surface area contributed by atoms with Gasteiger partial charge in [0.1, 0.15) is 4.33 Å². The van der Waals surface area contributed by atoms with Crippen LogP contribution in [0.2, 0.25) is 0 Å². The monoisotopic (exact) mass is 166 g/mol. The molecule has 1 saturated carbocycles. The summed E-state index contributed by atoms with van der Waals surface area (Å²) >= 11 is 11.8. The average Bonchev–Trinajstić information content (AvgIpc) is 1.78. The van der Waals surface area contributed by atoms with Gasteiger partial charge in [-0.05, 0) is 31.6 Å². The number of alkyl halides is 2. The first kappa shape index (κ1) is 7.68. The van der Waals surface area contributed by atoms with Crippen molar-refractivity contribution in [3.05, 3.63) is 0 Å². The third kappa shape index (κ3) is 2.35. The van der Waals surface area contributed by atoms with E-state index in [4.69, 9.17) is 23.2 Å². The topological polar surface area (TPSA) is 0 Å². The molecular formula is C7H12Cl2. The second kappa shape index (κ2) is 2.67. The van der Waals surface area contributed by atoms with Crippen LogP contribution in [0.15, 0.2) is 0 Å². The molecule has 0 aromatic rings. The van der Waals surface area contributed by atoms with Crippen LogP contribution in [-0.2, 0) is 0 Å². The van der Waals surface area contributed by atoms with Crippen LogP contribution in [-0.4, -0.2) is 4.33 Å². The molecule has 0 unspecified atom stereocenters. The van der Waals surface area contributed by atoms with Gasteiger partial charge in [0.15, 0.2) is 0 Å². The minimum absolute atomic E-state index is 0.396. The molecule has 1 aliphatic rings. The van der Waals surface area contributed by atoms with Gasteiger partial charge in [-0.2, -0.15) is 0 Å². The van der Waals surface area contributed by atoms with Gasteiger partial charge >= 0.3 is 0 Å². The molecule has 0 heterocycles. The van der Waals surface area contributed by atoms with Gasteiger partial charge in [-0.1, -0.05) is 6.92 Å². The largest absolute Gasteiger partial charge is 0.118 e. The van der Waals surface area contributed by atoms with E-state index in [0.29, 0.717) is 0 Å². The Labute approximate surface area is 66.5 Å². The summed E-state index contributed by atoms with van der Waals surface area (Å²) in [6.45, 7) is 2.25. The lowest BCUT2D eigenvalue weighted by Gasteiger charge is -2.28. The maximum absolute atomic E-state index is 5.90. The van der Waals surface area contributed by atoms with Crippen LogP contribution in [0.3, 0.4) is 0 Å². The first-order valence-electron chi connectivity index (χ1n) is 3.48. The van der Waals surface area contributed by atoms with Gasteiger partial charge in [0.05, 0.1) is 0 Å². The zero-order valence-electron chi connectivity index (χ0n) is 5.66. The van der Waals surface area contributed by atoms with Gasteiger partial charge < -0.3 is 0 Å². The lowest BCUT2D eigenvalue weighted by atomic mass is 9.90. The fourth-order valence-corrected chi connectivity index (χ4v) is 1.62. The van der Waals surface area contributed by atoms with Crippen molar-refractivity contribution in [2.75, 3.05) is 0 Å². The van der Waals surface area contributed by atoms with Crippen LogP contribution in [0.25, 0.3) is 0 Å². The molecule has 0 radical (unpaired) electrons. The molecule has 1 fully saturated rings. The molecule has 54 valence electrons. The minimum Gasteiger partial charge on any atom is -0.102 e. The predicted octanol–water partition coefficient (Wildman–Crippen LogP) is 3.37. The second-order valence-corrected chi connectivity index (χ2v) is 4.68.